The van der Waals surface area contributed by atoms with Gasteiger partial charge < -0.3 is 10.1 Å². The number of ether oxygens (including phenoxy) is 1. The van der Waals surface area contributed by atoms with E-state index in [1.165, 1.54) is 30.0 Å². The number of hydrogen-bond donors (Lipinski definition) is 1. The zero-order chi connectivity index (χ0) is 17.8. The highest BCUT2D eigenvalue weighted by Crippen LogP contribution is 2.29. The lowest BCUT2D eigenvalue weighted by molar-refractivity contribution is -0.115. The number of aliphatic imine (C=N–C) groups is 1. The third kappa shape index (κ3) is 4.41. The first kappa shape index (κ1) is 17.5. The van der Waals surface area contributed by atoms with Gasteiger partial charge in [0.2, 0.25) is 0 Å². The minimum atomic E-state index is -0.509. The number of amidine groups is 1. The molecule has 0 aromatic heterocycles. The van der Waals surface area contributed by atoms with Gasteiger partial charge in [-0.05, 0) is 60.7 Å². The molecule has 1 aliphatic rings. The Kier molecular flexibility index (Phi) is 5.40. The van der Waals surface area contributed by atoms with Crippen LogP contribution in [0.4, 0.5) is 10.1 Å². The fourth-order valence-electron chi connectivity index (χ4n) is 2.13. The van der Waals surface area contributed by atoms with E-state index < -0.39 is 5.82 Å². The minimum Gasteiger partial charge on any atom is -0.494 e. The first-order chi connectivity index (χ1) is 12.0. The molecule has 1 N–H and O–H groups in total. The van der Waals surface area contributed by atoms with Gasteiger partial charge in [-0.1, -0.05) is 23.7 Å². The predicted octanol–water partition coefficient (Wildman–Crippen LogP) is 4.77. The highest BCUT2D eigenvalue weighted by molar-refractivity contribution is 8.18. The van der Waals surface area contributed by atoms with Crippen molar-refractivity contribution in [2.75, 3.05) is 6.61 Å². The van der Waals surface area contributed by atoms with Crippen molar-refractivity contribution in [3.8, 4) is 5.75 Å². The Morgan fingerprint density at radius 2 is 2.04 bits per heavy atom. The van der Waals surface area contributed by atoms with E-state index in [4.69, 9.17) is 16.3 Å². The number of benzene rings is 2. The second-order valence-electron chi connectivity index (χ2n) is 5.08. The highest BCUT2D eigenvalue weighted by Gasteiger charge is 2.23. The van der Waals surface area contributed by atoms with Crippen LogP contribution in [0, 0.1) is 5.82 Å². The topological polar surface area (TPSA) is 50.7 Å². The van der Waals surface area contributed by atoms with E-state index in [0.717, 1.165) is 11.3 Å². The second-order valence-corrected chi connectivity index (χ2v) is 6.52. The van der Waals surface area contributed by atoms with Crippen LogP contribution in [-0.2, 0) is 4.79 Å². The van der Waals surface area contributed by atoms with Crippen LogP contribution < -0.4 is 10.1 Å². The maximum absolute atomic E-state index is 13.2. The Bertz CT molecular complexity index is 866. The molecule has 2 aromatic carbocycles. The zero-order valence-corrected chi connectivity index (χ0v) is 14.8. The average molecular weight is 377 g/mol. The van der Waals surface area contributed by atoms with Crippen molar-refractivity contribution in [2.24, 2.45) is 4.99 Å². The Hall–Kier alpha value is -2.31. The molecular formula is C18H14ClFN2O2S. The summed E-state index contributed by atoms with van der Waals surface area (Å²) in [6.07, 6.45) is 1.77. The molecular weight excluding hydrogens is 363 g/mol. The number of nitrogens with one attached hydrogen (secondary N) is 1. The standard InChI is InChI=1S/C18H14ClFN2O2S/c1-2-24-13-6-3-11(4-7-13)9-16-17(23)22-18(25-16)21-12-5-8-15(20)14(19)10-12/h3-10H,2H2,1H3,(H,21,22,23)/b16-9-. The fourth-order valence-corrected chi connectivity index (χ4v) is 3.15. The van der Waals surface area contributed by atoms with Gasteiger partial charge in [0.1, 0.15) is 11.6 Å². The van der Waals surface area contributed by atoms with E-state index >= 15 is 0 Å². The molecule has 1 fully saturated rings. The minimum absolute atomic E-state index is 0.0127. The average Bonchev–Trinajstić information content (AvgIpc) is 2.92. The number of carbonyl (C=O) groups is 1. The summed E-state index contributed by atoms with van der Waals surface area (Å²) in [5.41, 5.74) is 1.35. The van der Waals surface area contributed by atoms with E-state index in [2.05, 4.69) is 10.3 Å². The van der Waals surface area contributed by atoms with Gasteiger partial charge in [0.25, 0.3) is 5.91 Å². The lowest BCUT2D eigenvalue weighted by atomic mass is 10.2. The van der Waals surface area contributed by atoms with E-state index in [0.29, 0.717) is 22.4 Å². The molecule has 0 bridgehead atoms. The van der Waals surface area contributed by atoms with Gasteiger partial charge in [-0.2, -0.15) is 0 Å². The van der Waals surface area contributed by atoms with E-state index in [9.17, 15) is 9.18 Å². The van der Waals surface area contributed by atoms with Crippen LogP contribution >= 0.6 is 23.4 Å². The monoisotopic (exact) mass is 376 g/mol. The number of thioether (sulfide) groups is 1. The second kappa shape index (κ2) is 7.72. The van der Waals surface area contributed by atoms with Gasteiger partial charge >= 0.3 is 0 Å². The van der Waals surface area contributed by atoms with Crippen molar-refractivity contribution in [2.45, 2.75) is 6.92 Å². The molecule has 0 radical (unpaired) electrons. The van der Waals surface area contributed by atoms with Crippen LogP contribution in [-0.4, -0.2) is 17.7 Å². The Morgan fingerprint density at radius 1 is 1.28 bits per heavy atom. The van der Waals surface area contributed by atoms with Gasteiger partial charge in [0.05, 0.1) is 22.2 Å². The number of carbonyl (C=O) groups excluding carboxylic acids is 1. The maximum atomic E-state index is 13.2. The van der Waals surface area contributed by atoms with Gasteiger partial charge in [-0.15, -0.1) is 0 Å². The van der Waals surface area contributed by atoms with Crippen molar-refractivity contribution in [1.82, 2.24) is 5.32 Å². The molecule has 0 atom stereocenters. The summed E-state index contributed by atoms with van der Waals surface area (Å²) in [6.45, 7) is 2.52. The predicted molar refractivity (Wildman–Crippen MR) is 99.8 cm³/mol. The fraction of sp³-hybridized carbons (Fsp3) is 0.111. The van der Waals surface area contributed by atoms with Crippen LogP contribution in [0.25, 0.3) is 6.08 Å². The molecule has 1 aliphatic heterocycles. The van der Waals surface area contributed by atoms with E-state index in [-0.39, 0.29) is 10.9 Å². The SMILES string of the molecule is CCOc1ccc(/C=C2\SC(=Nc3ccc(F)c(Cl)c3)NC2=O)cc1. The summed E-state index contributed by atoms with van der Waals surface area (Å²) in [4.78, 5) is 16.9. The van der Waals surface area contributed by atoms with Crippen molar-refractivity contribution >= 4 is 46.2 Å². The Labute approximate surface area is 153 Å². The van der Waals surface area contributed by atoms with Gasteiger partial charge in [0, 0.05) is 0 Å². The molecule has 1 amide bonds. The zero-order valence-electron chi connectivity index (χ0n) is 13.3. The number of amides is 1. The summed E-state index contributed by atoms with van der Waals surface area (Å²) in [7, 11) is 0. The largest absolute Gasteiger partial charge is 0.494 e. The summed E-state index contributed by atoms with van der Waals surface area (Å²) < 4.78 is 18.6. The highest BCUT2D eigenvalue weighted by atomic mass is 35.5. The van der Waals surface area contributed by atoms with Crippen LogP contribution in [0.3, 0.4) is 0 Å². The van der Waals surface area contributed by atoms with Crippen molar-refractivity contribution in [1.29, 1.82) is 0 Å². The quantitative estimate of drug-likeness (QED) is 0.782. The normalized spacial score (nSPS) is 17.2. The Morgan fingerprint density at radius 3 is 2.72 bits per heavy atom. The molecule has 25 heavy (non-hydrogen) atoms. The lowest BCUT2D eigenvalue weighted by Gasteiger charge is -2.02. The summed E-state index contributed by atoms with van der Waals surface area (Å²) in [5.74, 6) is 0.0410. The van der Waals surface area contributed by atoms with E-state index in [1.807, 2.05) is 31.2 Å². The van der Waals surface area contributed by atoms with Crippen LogP contribution in [0.15, 0.2) is 52.4 Å². The first-order valence-corrected chi connectivity index (χ1v) is 8.72. The lowest BCUT2D eigenvalue weighted by Crippen LogP contribution is -2.19. The van der Waals surface area contributed by atoms with Gasteiger partial charge in [-0.3, -0.25) is 4.79 Å². The first-order valence-electron chi connectivity index (χ1n) is 7.52. The molecule has 128 valence electrons. The smallest absolute Gasteiger partial charge is 0.264 e. The van der Waals surface area contributed by atoms with Crippen LogP contribution in [0.1, 0.15) is 12.5 Å². The number of hydrogen-bond acceptors (Lipinski definition) is 4. The van der Waals surface area contributed by atoms with Crippen LogP contribution in [0.2, 0.25) is 5.02 Å². The molecule has 0 aliphatic carbocycles. The molecule has 0 spiro atoms. The number of rotatable bonds is 4. The number of nitrogens with zero attached hydrogens (tertiary/aromatic N) is 1. The molecule has 0 unspecified atom stereocenters. The number of halogens is 2. The van der Waals surface area contributed by atoms with Gasteiger partial charge in [0.15, 0.2) is 5.17 Å². The maximum Gasteiger partial charge on any atom is 0.264 e. The van der Waals surface area contributed by atoms with Crippen molar-refractivity contribution < 1.29 is 13.9 Å². The van der Waals surface area contributed by atoms with Gasteiger partial charge in [-0.25, -0.2) is 9.38 Å². The van der Waals surface area contributed by atoms with E-state index in [1.54, 1.807) is 6.08 Å². The molecule has 3 rings (SSSR count). The summed E-state index contributed by atoms with van der Waals surface area (Å²) in [5, 5.41) is 3.09. The molecule has 2 aromatic rings. The molecule has 1 saturated heterocycles. The van der Waals surface area contributed by atoms with Crippen LogP contribution in [0.5, 0.6) is 5.75 Å². The summed E-state index contributed by atoms with van der Waals surface area (Å²) in [6, 6.07) is 11.6. The Balaban J connectivity index is 1.77. The van der Waals surface area contributed by atoms with Crippen molar-refractivity contribution in [3.63, 3.8) is 0 Å². The molecule has 7 heteroatoms. The summed E-state index contributed by atoms with van der Waals surface area (Å²) >= 11 is 6.95. The molecule has 0 saturated carbocycles. The molecule has 4 nitrogen and oxygen atoms in total. The third-order valence-corrected chi connectivity index (χ3v) is 4.47. The van der Waals surface area contributed by atoms with Crippen molar-refractivity contribution in [3.05, 3.63) is 63.8 Å². The third-order valence-electron chi connectivity index (χ3n) is 3.27. The molecule has 1 heterocycles.